The van der Waals surface area contributed by atoms with Crippen LogP contribution in [-0.4, -0.2) is 27.4 Å². The fourth-order valence-electron chi connectivity index (χ4n) is 2.53. The Morgan fingerprint density at radius 1 is 1.30 bits per heavy atom. The summed E-state index contributed by atoms with van der Waals surface area (Å²) in [5, 5.41) is 13.6. The van der Waals surface area contributed by atoms with Crippen LogP contribution in [-0.2, 0) is 10.2 Å². The number of nitrogens with two attached hydrogens (primary N) is 1. The van der Waals surface area contributed by atoms with E-state index in [1.54, 1.807) is 6.20 Å². The van der Waals surface area contributed by atoms with Crippen molar-refractivity contribution in [2.24, 2.45) is 5.73 Å². The molecule has 2 aromatic rings. The molecule has 3 N–H and O–H groups in total. The molecular weight excluding hydrogens is 314 g/mol. The zero-order valence-electron chi connectivity index (χ0n) is 13.7. The monoisotopic (exact) mass is 337 g/mol. The van der Waals surface area contributed by atoms with Crippen molar-refractivity contribution in [3.05, 3.63) is 47.8 Å². The lowest BCUT2D eigenvalue weighted by atomic mass is 9.89. The Morgan fingerprint density at radius 2 is 1.91 bits per heavy atom. The molecular formula is C17H24ClN3O2. The molecule has 2 rings (SSSR count). The van der Waals surface area contributed by atoms with Gasteiger partial charge in [-0.15, -0.1) is 12.4 Å². The summed E-state index contributed by atoms with van der Waals surface area (Å²) in [4.78, 5) is 11.2. The maximum atomic E-state index is 11.2. The Bertz CT molecular complexity index is 650. The Labute approximate surface area is 142 Å². The number of rotatable bonds is 6. The molecule has 23 heavy (non-hydrogen) atoms. The van der Waals surface area contributed by atoms with Gasteiger partial charge < -0.3 is 10.8 Å². The van der Waals surface area contributed by atoms with E-state index in [-0.39, 0.29) is 17.8 Å². The Kier molecular flexibility index (Phi) is 6.36. The van der Waals surface area contributed by atoms with Crippen molar-refractivity contribution in [2.75, 3.05) is 6.54 Å². The highest BCUT2D eigenvalue weighted by molar-refractivity contribution is 5.85. The van der Waals surface area contributed by atoms with Gasteiger partial charge in [0, 0.05) is 18.2 Å². The summed E-state index contributed by atoms with van der Waals surface area (Å²) < 4.78 is 1.86. The quantitative estimate of drug-likeness (QED) is 0.848. The first kappa shape index (κ1) is 19.2. The third-order valence-corrected chi connectivity index (χ3v) is 4.09. The highest BCUT2D eigenvalue weighted by Crippen LogP contribution is 2.26. The number of halogens is 1. The zero-order valence-corrected chi connectivity index (χ0v) is 14.5. The third kappa shape index (κ3) is 3.92. The van der Waals surface area contributed by atoms with E-state index in [1.807, 2.05) is 41.9 Å². The van der Waals surface area contributed by atoms with Crippen LogP contribution in [0.2, 0.25) is 0 Å². The molecule has 0 spiro atoms. The van der Waals surface area contributed by atoms with Gasteiger partial charge in [-0.2, -0.15) is 5.10 Å². The van der Waals surface area contributed by atoms with Crippen LogP contribution < -0.4 is 5.73 Å². The molecule has 0 bridgehead atoms. The first-order valence-electron chi connectivity index (χ1n) is 7.48. The van der Waals surface area contributed by atoms with Gasteiger partial charge in [0.15, 0.2) is 0 Å². The molecule has 6 heteroatoms. The summed E-state index contributed by atoms with van der Waals surface area (Å²) in [6.07, 6.45) is 2.33. The second-order valence-corrected chi connectivity index (χ2v) is 6.11. The van der Waals surface area contributed by atoms with Crippen LogP contribution in [0.4, 0.5) is 0 Å². The van der Waals surface area contributed by atoms with Gasteiger partial charge in [-0.25, -0.2) is 4.68 Å². The van der Waals surface area contributed by atoms with E-state index in [2.05, 4.69) is 18.9 Å². The molecule has 1 atom stereocenters. The molecule has 0 aliphatic heterocycles. The van der Waals surface area contributed by atoms with E-state index < -0.39 is 11.9 Å². The van der Waals surface area contributed by atoms with Crippen LogP contribution >= 0.6 is 12.4 Å². The van der Waals surface area contributed by atoms with Gasteiger partial charge in [-0.1, -0.05) is 32.9 Å². The van der Waals surface area contributed by atoms with Crippen LogP contribution in [0.3, 0.4) is 0 Å². The molecule has 1 heterocycles. The summed E-state index contributed by atoms with van der Waals surface area (Å²) in [5.74, 6) is -1.26. The summed E-state index contributed by atoms with van der Waals surface area (Å²) in [5.41, 5.74) is 8.43. The maximum Gasteiger partial charge on any atom is 0.310 e. The molecule has 1 aromatic carbocycles. The Morgan fingerprint density at radius 3 is 2.39 bits per heavy atom. The van der Waals surface area contributed by atoms with Gasteiger partial charge >= 0.3 is 5.97 Å². The van der Waals surface area contributed by atoms with E-state index >= 15 is 0 Å². The van der Waals surface area contributed by atoms with E-state index in [0.29, 0.717) is 13.0 Å². The molecule has 0 radical (unpaired) electrons. The number of carbonyl (C=O) groups is 1. The number of hydrogen-bond acceptors (Lipinski definition) is 3. The number of nitrogens with zero attached hydrogens (tertiary/aromatic N) is 2. The van der Waals surface area contributed by atoms with Crippen molar-refractivity contribution in [1.82, 2.24) is 9.78 Å². The van der Waals surface area contributed by atoms with Gasteiger partial charge in [0.25, 0.3) is 0 Å². The van der Waals surface area contributed by atoms with Crippen LogP contribution in [0, 0.1) is 0 Å². The van der Waals surface area contributed by atoms with Crippen molar-refractivity contribution in [2.45, 2.75) is 38.5 Å². The molecule has 0 fully saturated rings. The second-order valence-electron chi connectivity index (χ2n) is 6.11. The second kappa shape index (κ2) is 7.62. The molecule has 5 nitrogen and oxygen atoms in total. The summed E-state index contributed by atoms with van der Waals surface area (Å²) >= 11 is 0. The zero-order chi connectivity index (χ0) is 16.3. The van der Waals surface area contributed by atoms with Crippen molar-refractivity contribution in [1.29, 1.82) is 0 Å². The average Bonchev–Trinajstić information content (AvgIpc) is 2.98. The third-order valence-electron chi connectivity index (χ3n) is 4.09. The Balaban J connectivity index is 0.00000264. The van der Waals surface area contributed by atoms with Gasteiger partial charge in [-0.3, -0.25) is 4.79 Å². The van der Waals surface area contributed by atoms with E-state index in [4.69, 9.17) is 5.73 Å². The lowest BCUT2D eigenvalue weighted by molar-refractivity contribution is -0.138. The summed E-state index contributed by atoms with van der Waals surface area (Å²) in [6.45, 7) is 6.55. The van der Waals surface area contributed by atoms with E-state index in [9.17, 15) is 9.90 Å². The molecule has 1 aromatic heterocycles. The lowest BCUT2D eigenvalue weighted by Crippen LogP contribution is -2.30. The topological polar surface area (TPSA) is 81.1 Å². The van der Waals surface area contributed by atoms with Crippen molar-refractivity contribution in [3.8, 4) is 5.69 Å². The highest BCUT2D eigenvalue weighted by Gasteiger charge is 2.24. The standard InChI is InChI=1S/C17H23N3O2.ClH/c1-4-14(16(21)22)12-5-7-13(8-6-12)20-15(9-10-19-20)17(2,3)11-18;/h5-10,14H,4,11,18H2,1-3H3,(H,21,22);1H. The van der Waals surface area contributed by atoms with Crippen LogP contribution in [0.5, 0.6) is 0 Å². The van der Waals surface area contributed by atoms with Crippen LogP contribution in [0.15, 0.2) is 36.5 Å². The highest BCUT2D eigenvalue weighted by atomic mass is 35.5. The fraction of sp³-hybridized carbons (Fsp3) is 0.412. The SMILES string of the molecule is CCC(C(=O)O)c1ccc(-n2nccc2C(C)(C)CN)cc1.Cl. The molecule has 126 valence electrons. The number of aromatic nitrogens is 2. The predicted molar refractivity (Wildman–Crippen MR) is 93.6 cm³/mol. The average molecular weight is 338 g/mol. The molecule has 1 unspecified atom stereocenters. The molecule has 0 aliphatic carbocycles. The van der Waals surface area contributed by atoms with Crippen molar-refractivity contribution < 1.29 is 9.90 Å². The first-order valence-corrected chi connectivity index (χ1v) is 7.48. The van der Waals surface area contributed by atoms with E-state index in [1.165, 1.54) is 0 Å². The minimum atomic E-state index is -0.792. The molecule has 0 amide bonds. The molecule has 0 saturated carbocycles. The number of hydrogen-bond donors (Lipinski definition) is 2. The number of carboxylic acids is 1. The minimum Gasteiger partial charge on any atom is -0.481 e. The summed E-state index contributed by atoms with van der Waals surface area (Å²) in [6, 6.07) is 9.50. The normalized spacial score (nSPS) is 12.5. The predicted octanol–water partition coefficient (Wildman–Crippen LogP) is 3.11. The van der Waals surface area contributed by atoms with Crippen molar-refractivity contribution in [3.63, 3.8) is 0 Å². The van der Waals surface area contributed by atoms with Crippen LogP contribution in [0.1, 0.15) is 44.4 Å². The van der Waals surface area contributed by atoms with Gasteiger partial charge in [0.1, 0.15) is 0 Å². The van der Waals surface area contributed by atoms with Gasteiger partial charge in [0.2, 0.25) is 0 Å². The number of aliphatic carboxylic acids is 1. The minimum absolute atomic E-state index is 0. The Hall–Kier alpha value is -1.85. The van der Waals surface area contributed by atoms with E-state index in [0.717, 1.165) is 16.9 Å². The fourth-order valence-corrected chi connectivity index (χ4v) is 2.53. The lowest BCUT2D eigenvalue weighted by Gasteiger charge is -2.24. The molecule has 0 aliphatic rings. The number of benzene rings is 1. The van der Waals surface area contributed by atoms with Crippen LogP contribution in [0.25, 0.3) is 5.69 Å². The summed E-state index contributed by atoms with van der Waals surface area (Å²) in [7, 11) is 0. The van der Waals surface area contributed by atoms with Gasteiger partial charge in [0.05, 0.1) is 17.3 Å². The number of carboxylic acid groups (broad SMARTS) is 1. The first-order chi connectivity index (χ1) is 10.4. The molecule has 0 saturated heterocycles. The maximum absolute atomic E-state index is 11.2. The smallest absolute Gasteiger partial charge is 0.310 e. The van der Waals surface area contributed by atoms with Crippen molar-refractivity contribution >= 4 is 18.4 Å². The largest absolute Gasteiger partial charge is 0.481 e. The van der Waals surface area contributed by atoms with Gasteiger partial charge in [-0.05, 0) is 30.2 Å².